The van der Waals surface area contributed by atoms with Crippen LogP contribution >= 0.6 is 11.8 Å². The van der Waals surface area contributed by atoms with Gasteiger partial charge in [0.2, 0.25) is 5.91 Å². The molecule has 4 nitrogen and oxygen atoms in total. The molecule has 0 spiro atoms. The molecular formula is C18H23NO3S. The van der Waals surface area contributed by atoms with E-state index in [-0.39, 0.29) is 29.8 Å². The number of carbonyl (C=O) groups is 2. The Bertz CT molecular complexity index is 610. The van der Waals surface area contributed by atoms with Crippen molar-refractivity contribution in [2.75, 3.05) is 23.0 Å². The maximum absolute atomic E-state index is 12.5. The average Bonchev–Trinajstić information content (AvgIpc) is 3.13. The number of anilines is 1. The highest BCUT2D eigenvalue weighted by Gasteiger charge is 2.40. The zero-order valence-corrected chi connectivity index (χ0v) is 14.5. The fourth-order valence-corrected chi connectivity index (χ4v) is 4.58. The van der Waals surface area contributed by atoms with Crippen LogP contribution < -0.4 is 4.90 Å². The van der Waals surface area contributed by atoms with E-state index in [1.54, 1.807) is 4.90 Å². The number of benzene rings is 1. The number of carbonyl (C=O) groups excluding carboxylic acids is 2. The van der Waals surface area contributed by atoms with Gasteiger partial charge in [-0.1, -0.05) is 25.1 Å². The second-order valence-corrected chi connectivity index (χ2v) is 7.67. The van der Waals surface area contributed by atoms with Crippen LogP contribution in [0.25, 0.3) is 0 Å². The molecule has 1 amide bonds. The quantitative estimate of drug-likeness (QED) is 0.795. The van der Waals surface area contributed by atoms with E-state index in [4.69, 9.17) is 4.74 Å². The Balaban J connectivity index is 1.71. The summed E-state index contributed by atoms with van der Waals surface area (Å²) in [4.78, 5) is 26.6. The fraction of sp³-hybridized carbons (Fsp3) is 0.556. The van der Waals surface area contributed by atoms with E-state index in [0.29, 0.717) is 6.54 Å². The van der Waals surface area contributed by atoms with Crippen molar-refractivity contribution in [3.05, 3.63) is 29.8 Å². The second-order valence-electron chi connectivity index (χ2n) is 6.56. The molecule has 2 unspecified atom stereocenters. The van der Waals surface area contributed by atoms with E-state index in [2.05, 4.69) is 6.92 Å². The Morgan fingerprint density at radius 2 is 2.22 bits per heavy atom. The van der Waals surface area contributed by atoms with Gasteiger partial charge in [-0.15, -0.1) is 0 Å². The van der Waals surface area contributed by atoms with Crippen molar-refractivity contribution in [1.82, 2.24) is 0 Å². The van der Waals surface area contributed by atoms with Crippen molar-refractivity contribution in [2.24, 2.45) is 5.92 Å². The molecule has 1 aromatic rings. The smallest absolute Gasteiger partial charge is 0.311 e. The molecule has 23 heavy (non-hydrogen) atoms. The Hall–Kier alpha value is -1.49. The summed E-state index contributed by atoms with van der Waals surface area (Å²) in [5, 5.41) is 0. The topological polar surface area (TPSA) is 46.6 Å². The number of para-hydroxylation sites is 1. The Morgan fingerprint density at radius 1 is 1.43 bits per heavy atom. The van der Waals surface area contributed by atoms with Gasteiger partial charge < -0.3 is 9.64 Å². The number of hydrogen-bond acceptors (Lipinski definition) is 4. The summed E-state index contributed by atoms with van der Waals surface area (Å²) < 4.78 is 5.73. The molecule has 2 heterocycles. The van der Waals surface area contributed by atoms with Gasteiger partial charge in [0, 0.05) is 24.4 Å². The van der Waals surface area contributed by atoms with Crippen LogP contribution in [0.1, 0.15) is 32.3 Å². The summed E-state index contributed by atoms with van der Waals surface area (Å²) in [6, 6.07) is 7.90. The Morgan fingerprint density at radius 3 is 2.91 bits per heavy atom. The Kier molecular flexibility index (Phi) is 4.67. The van der Waals surface area contributed by atoms with Gasteiger partial charge in [-0.05, 0) is 37.1 Å². The number of hydrogen-bond donors (Lipinski definition) is 0. The number of aryl methyl sites for hydroxylation is 1. The molecule has 0 N–H and O–H groups in total. The summed E-state index contributed by atoms with van der Waals surface area (Å²) in [5.74, 6) is 1.32. The van der Waals surface area contributed by atoms with Gasteiger partial charge >= 0.3 is 5.97 Å². The van der Waals surface area contributed by atoms with Crippen LogP contribution in [0.3, 0.4) is 0 Å². The maximum atomic E-state index is 12.5. The molecule has 0 radical (unpaired) electrons. The molecule has 0 bridgehead atoms. The molecular weight excluding hydrogens is 310 g/mol. The Labute approximate surface area is 141 Å². The number of rotatable bonds is 4. The van der Waals surface area contributed by atoms with E-state index in [1.807, 2.05) is 43.0 Å². The van der Waals surface area contributed by atoms with Gasteiger partial charge in [0.1, 0.15) is 5.60 Å². The van der Waals surface area contributed by atoms with Crippen molar-refractivity contribution in [3.63, 3.8) is 0 Å². The molecule has 1 aromatic carbocycles. The van der Waals surface area contributed by atoms with E-state index in [9.17, 15) is 9.59 Å². The van der Waals surface area contributed by atoms with E-state index in [0.717, 1.165) is 35.6 Å². The maximum Gasteiger partial charge on any atom is 0.311 e. The monoisotopic (exact) mass is 333 g/mol. The predicted octanol–water partition coefficient (Wildman–Crippen LogP) is 3.04. The van der Waals surface area contributed by atoms with E-state index >= 15 is 0 Å². The minimum Gasteiger partial charge on any atom is -0.458 e. The van der Waals surface area contributed by atoms with Crippen molar-refractivity contribution in [2.45, 2.75) is 38.7 Å². The van der Waals surface area contributed by atoms with Gasteiger partial charge in [-0.2, -0.15) is 11.8 Å². The predicted molar refractivity (Wildman–Crippen MR) is 92.7 cm³/mol. The first kappa shape index (κ1) is 16.4. The molecule has 2 fully saturated rings. The first-order valence-corrected chi connectivity index (χ1v) is 9.37. The molecule has 124 valence electrons. The lowest BCUT2D eigenvalue weighted by Crippen LogP contribution is -2.35. The first-order valence-electron chi connectivity index (χ1n) is 8.21. The molecule has 2 atom stereocenters. The second kappa shape index (κ2) is 6.56. The summed E-state index contributed by atoms with van der Waals surface area (Å²) in [7, 11) is 0. The fourth-order valence-electron chi connectivity index (χ4n) is 3.23. The van der Waals surface area contributed by atoms with Gasteiger partial charge in [0.15, 0.2) is 0 Å². The lowest BCUT2D eigenvalue weighted by atomic mass is 10.1. The number of thioether (sulfide) groups is 1. The number of ether oxygens (including phenoxy) is 1. The van der Waals surface area contributed by atoms with Crippen LogP contribution in [-0.2, 0) is 20.7 Å². The normalized spacial score (nSPS) is 27.5. The molecule has 2 saturated heterocycles. The van der Waals surface area contributed by atoms with Gasteiger partial charge in [0.25, 0.3) is 0 Å². The molecule has 2 aliphatic heterocycles. The van der Waals surface area contributed by atoms with Crippen molar-refractivity contribution < 1.29 is 14.3 Å². The van der Waals surface area contributed by atoms with Crippen molar-refractivity contribution >= 4 is 29.3 Å². The molecule has 0 saturated carbocycles. The SMILES string of the molecule is CCc1ccccc1N1CC(C(=O)OC2(C)CCSC2)CC1=O. The van der Waals surface area contributed by atoms with Gasteiger partial charge in [-0.3, -0.25) is 9.59 Å². The third kappa shape index (κ3) is 3.39. The molecule has 2 aliphatic rings. The van der Waals surface area contributed by atoms with Crippen molar-refractivity contribution in [1.29, 1.82) is 0 Å². The van der Waals surface area contributed by atoms with Crippen LogP contribution in [0.15, 0.2) is 24.3 Å². The summed E-state index contributed by atoms with van der Waals surface area (Å²) in [6.07, 6.45) is 2.01. The highest BCUT2D eigenvalue weighted by molar-refractivity contribution is 7.99. The highest BCUT2D eigenvalue weighted by atomic mass is 32.2. The van der Waals surface area contributed by atoms with Crippen LogP contribution in [0, 0.1) is 5.92 Å². The van der Waals surface area contributed by atoms with E-state index < -0.39 is 0 Å². The minimum atomic E-state index is -0.362. The van der Waals surface area contributed by atoms with E-state index in [1.165, 1.54) is 0 Å². The third-order valence-corrected chi connectivity index (χ3v) is 5.96. The summed E-state index contributed by atoms with van der Waals surface area (Å²) in [6.45, 7) is 4.49. The zero-order valence-electron chi connectivity index (χ0n) is 13.7. The lowest BCUT2D eigenvalue weighted by molar-refractivity contribution is -0.160. The number of esters is 1. The van der Waals surface area contributed by atoms with Crippen LogP contribution in [0.2, 0.25) is 0 Å². The van der Waals surface area contributed by atoms with Crippen LogP contribution in [0.4, 0.5) is 5.69 Å². The summed E-state index contributed by atoms with van der Waals surface area (Å²) >= 11 is 1.81. The number of amides is 1. The largest absolute Gasteiger partial charge is 0.458 e. The summed E-state index contributed by atoms with van der Waals surface area (Å²) in [5.41, 5.74) is 1.70. The molecule has 5 heteroatoms. The van der Waals surface area contributed by atoms with Crippen LogP contribution in [-0.4, -0.2) is 35.5 Å². The average molecular weight is 333 g/mol. The molecule has 0 aliphatic carbocycles. The molecule has 3 rings (SSSR count). The van der Waals surface area contributed by atoms with Crippen molar-refractivity contribution in [3.8, 4) is 0 Å². The standard InChI is InChI=1S/C18H23NO3S/c1-3-13-6-4-5-7-15(13)19-11-14(10-16(19)20)17(21)22-18(2)8-9-23-12-18/h4-7,14H,3,8-12H2,1-2H3. The van der Waals surface area contributed by atoms with Gasteiger partial charge in [0.05, 0.1) is 5.92 Å². The lowest BCUT2D eigenvalue weighted by Gasteiger charge is -2.25. The first-order chi connectivity index (χ1) is 11.0. The highest BCUT2D eigenvalue weighted by Crippen LogP contribution is 2.34. The third-order valence-electron chi connectivity index (χ3n) is 4.65. The molecule has 0 aromatic heterocycles. The number of nitrogens with zero attached hydrogens (tertiary/aromatic N) is 1. The minimum absolute atomic E-state index is 0.0128. The zero-order chi connectivity index (χ0) is 16.4. The van der Waals surface area contributed by atoms with Crippen LogP contribution in [0.5, 0.6) is 0 Å². The van der Waals surface area contributed by atoms with Gasteiger partial charge in [-0.25, -0.2) is 0 Å².